The molecular weight excluding hydrogens is 184 g/mol. The Bertz CT molecular complexity index is 272. The molecule has 13 heavy (non-hydrogen) atoms. The first-order valence-corrected chi connectivity index (χ1v) is 5.14. The average molecular weight is 196 g/mol. The van der Waals surface area contributed by atoms with Crippen LogP contribution in [0.4, 0.5) is 0 Å². The third kappa shape index (κ3) is 2.86. The maximum Gasteiger partial charge on any atom is 0.221 e. The van der Waals surface area contributed by atoms with Crippen molar-refractivity contribution < 1.29 is 9.90 Å². The fraction of sp³-hybridized carbons (Fsp3) is 0.300. The van der Waals surface area contributed by atoms with E-state index in [1.54, 1.807) is 12.1 Å². The molecule has 0 fully saturated rings. The quantitative estimate of drug-likeness (QED) is 0.803. The van der Waals surface area contributed by atoms with Gasteiger partial charge in [-0.05, 0) is 11.3 Å². The molecule has 2 nitrogen and oxygen atoms in total. The Hall–Kier alpha value is -0.800. The van der Waals surface area contributed by atoms with Gasteiger partial charge in [-0.1, -0.05) is 49.0 Å². The van der Waals surface area contributed by atoms with Gasteiger partial charge in [0.15, 0.2) is 0 Å². The van der Waals surface area contributed by atoms with E-state index < -0.39 is 6.10 Å². The average Bonchev–Trinajstić information content (AvgIpc) is 2.18. The zero-order valence-corrected chi connectivity index (χ0v) is 8.25. The maximum atomic E-state index is 11.3. The van der Waals surface area contributed by atoms with Crippen molar-refractivity contribution in [2.75, 3.05) is 5.75 Å². The number of aliphatic hydroxyl groups is 1. The van der Waals surface area contributed by atoms with Gasteiger partial charge in [-0.15, -0.1) is 0 Å². The third-order valence-corrected chi connectivity index (χ3v) is 2.42. The Balaban J connectivity index is 2.68. The highest BCUT2D eigenvalue weighted by Crippen LogP contribution is 2.19. The van der Waals surface area contributed by atoms with Gasteiger partial charge in [0.25, 0.3) is 0 Å². The number of carbonyl (C=O) groups excluding carboxylic acids is 1. The Morgan fingerprint density at radius 1 is 1.46 bits per heavy atom. The van der Waals surface area contributed by atoms with Crippen LogP contribution in [0.25, 0.3) is 0 Å². The van der Waals surface area contributed by atoms with Crippen LogP contribution in [0.2, 0.25) is 0 Å². The van der Waals surface area contributed by atoms with Crippen molar-refractivity contribution in [2.45, 2.75) is 13.0 Å². The molecule has 1 aromatic rings. The summed E-state index contributed by atoms with van der Waals surface area (Å²) >= 11 is 1.15. The summed E-state index contributed by atoms with van der Waals surface area (Å²) in [5.74, 6) is 0.697. The Labute approximate surface area is 82.0 Å². The number of carbonyl (C=O) groups is 1. The molecule has 0 unspecified atom stereocenters. The summed E-state index contributed by atoms with van der Waals surface area (Å²) < 4.78 is 0. The lowest BCUT2D eigenvalue weighted by Crippen LogP contribution is -2.07. The molecular formula is C10H12O2S. The molecule has 0 radical (unpaired) electrons. The van der Waals surface area contributed by atoms with Crippen LogP contribution in [0.3, 0.4) is 0 Å². The first kappa shape index (κ1) is 10.3. The number of rotatable bonds is 3. The molecule has 0 saturated carbocycles. The van der Waals surface area contributed by atoms with Crippen molar-refractivity contribution in [1.29, 1.82) is 0 Å². The second-order valence-corrected chi connectivity index (χ2v) is 3.83. The number of benzene rings is 1. The van der Waals surface area contributed by atoms with Crippen molar-refractivity contribution in [3.8, 4) is 0 Å². The smallest absolute Gasteiger partial charge is 0.221 e. The molecule has 0 heterocycles. The molecule has 0 amide bonds. The van der Waals surface area contributed by atoms with E-state index in [0.29, 0.717) is 11.3 Å². The minimum atomic E-state index is -0.980. The van der Waals surface area contributed by atoms with Crippen LogP contribution in [0.5, 0.6) is 0 Å². The van der Waals surface area contributed by atoms with Crippen molar-refractivity contribution in [3.63, 3.8) is 0 Å². The molecule has 1 atom stereocenters. The minimum absolute atomic E-state index is 0.186. The summed E-state index contributed by atoms with van der Waals surface area (Å²) in [4.78, 5) is 11.3. The minimum Gasteiger partial charge on any atom is -0.380 e. The lowest BCUT2D eigenvalue weighted by atomic mass is 10.1. The topological polar surface area (TPSA) is 37.3 Å². The second kappa shape index (κ2) is 5.04. The van der Waals surface area contributed by atoms with Crippen LogP contribution >= 0.6 is 11.8 Å². The van der Waals surface area contributed by atoms with Crippen LogP contribution in [0.1, 0.15) is 18.6 Å². The zero-order valence-electron chi connectivity index (χ0n) is 7.43. The van der Waals surface area contributed by atoms with Gasteiger partial charge in [-0.2, -0.15) is 0 Å². The predicted octanol–water partition coefficient (Wildman–Crippen LogP) is 2.00. The molecule has 0 spiro atoms. The largest absolute Gasteiger partial charge is 0.380 e. The predicted molar refractivity (Wildman–Crippen MR) is 54.5 cm³/mol. The first-order valence-electron chi connectivity index (χ1n) is 4.15. The van der Waals surface area contributed by atoms with Gasteiger partial charge in [-0.3, -0.25) is 4.79 Å². The lowest BCUT2D eigenvalue weighted by Gasteiger charge is -2.07. The monoisotopic (exact) mass is 196 g/mol. The summed E-state index contributed by atoms with van der Waals surface area (Å²) in [6, 6.07) is 8.97. The molecule has 3 heteroatoms. The standard InChI is InChI=1S/C10H12O2S/c1-2-13-10(12)9(11)8-6-4-3-5-7-8/h3-7,9,11H,2H2,1H3/t9-/m0/s1. The van der Waals surface area contributed by atoms with Crippen LogP contribution in [0, 0.1) is 0 Å². The van der Waals surface area contributed by atoms with Crippen LogP contribution in [-0.4, -0.2) is 16.0 Å². The maximum absolute atomic E-state index is 11.3. The normalized spacial score (nSPS) is 12.5. The van der Waals surface area contributed by atoms with Gasteiger partial charge in [0.05, 0.1) is 0 Å². The van der Waals surface area contributed by atoms with Crippen LogP contribution < -0.4 is 0 Å². The summed E-state index contributed by atoms with van der Waals surface area (Å²) in [5.41, 5.74) is 0.661. The van der Waals surface area contributed by atoms with E-state index in [9.17, 15) is 9.90 Å². The summed E-state index contributed by atoms with van der Waals surface area (Å²) in [5, 5.41) is 9.36. The van der Waals surface area contributed by atoms with E-state index in [4.69, 9.17) is 0 Å². The number of aliphatic hydroxyl groups excluding tert-OH is 1. The summed E-state index contributed by atoms with van der Waals surface area (Å²) in [7, 11) is 0. The van der Waals surface area contributed by atoms with Crippen molar-refractivity contribution in [1.82, 2.24) is 0 Å². The van der Waals surface area contributed by atoms with Gasteiger partial charge in [0, 0.05) is 0 Å². The van der Waals surface area contributed by atoms with Crippen molar-refractivity contribution in [3.05, 3.63) is 35.9 Å². The first-order chi connectivity index (χ1) is 6.25. The van der Waals surface area contributed by atoms with Crippen molar-refractivity contribution in [2.24, 2.45) is 0 Å². The Morgan fingerprint density at radius 2 is 2.08 bits per heavy atom. The lowest BCUT2D eigenvalue weighted by molar-refractivity contribution is -0.118. The molecule has 1 rings (SSSR count). The van der Waals surface area contributed by atoms with Gasteiger partial charge < -0.3 is 5.11 Å². The fourth-order valence-corrected chi connectivity index (χ4v) is 1.57. The molecule has 0 saturated heterocycles. The summed E-state index contributed by atoms with van der Waals surface area (Å²) in [6.45, 7) is 1.89. The molecule has 0 aliphatic heterocycles. The van der Waals surface area contributed by atoms with Crippen LogP contribution in [-0.2, 0) is 4.79 Å². The van der Waals surface area contributed by atoms with Gasteiger partial charge in [-0.25, -0.2) is 0 Å². The molecule has 1 N–H and O–H groups in total. The van der Waals surface area contributed by atoms with Gasteiger partial charge >= 0.3 is 0 Å². The van der Waals surface area contributed by atoms with E-state index in [1.165, 1.54) is 0 Å². The van der Waals surface area contributed by atoms with E-state index in [-0.39, 0.29) is 5.12 Å². The van der Waals surface area contributed by atoms with E-state index in [2.05, 4.69) is 0 Å². The highest BCUT2D eigenvalue weighted by molar-refractivity contribution is 8.13. The van der Waals surface area contributed by atoms with Crippen molar-refractivity contribution >= 4 is 16.9 Å². The third-order valence-electron chi connectivity index (χ3n) is 1.63. The van der Waals surface area contributed by atoms with Gasteiger partial charge in [0.2, 0.25) is 5.12 Å². The van der Waals surface area contributed by atoms with Crippen LogP contribution in [0.15, 0.2) is 30.3 Å². The molecule has 0 aliphatic carbocycles. The molecule has 0 aromatic heterocycles. The van der Waals surface area contributed by atoms with E-state index in [1.807, 2.05) is 25.1 Å². The molecule has 1 aromatic carbocycles. The highest BCUT2D eigenvalue weighted by Gasteiger charge is 2.15. The molecule has 0 bridgehead atoms. The molecule has 0 aliphatic rings. The Morgan fingerprint density at radius 3 is 2.62 bits per heavy atom. The zero-order chi connectivity index (χ0) is 9.68. The van der Waals surface area contributed by atoms with E-state index >= 15 is 0 Å². The summed E-state index contributed by atoms with van der Waals surface area (Å²) in [6.07, 6.45) is -0.980. The Kier molecular flexibility index (Phi) is 3.99. The number of hydrogen-bond acceptors (Lipinski definition) is 3. The SMILES string of the molecule is CCSC(=O)[C@@H](O)c1ccccc1. The highest BCUT2D eigenvalue weighted by atomic mass is 32.2. The molecule has 70 valence electrons. The number of hydrogen-bond donors (Lipinski definition) is 1. The fourth-order valence-electron chi connectivity index (χ4n) is 0.993. The van der Waals surface area contributed by atoms with E-state index in [0.717, 1.165) is 11.8 Å². The number of thioether (sulfide) groups is 1. The second-order valence-electron chi connectivity index (χ2n) is 2.57. The van der Waals surface area contributed by atoms with Gasteiger partial charge in [0.1, 0.15) is 6.10 Å².